The molecule has 1 aromatic heterocycles. The lowest BCUT2D eigenvalue weighted by Gasteiger charge is -2.05. The normalized spacial score (nSPS) is 10.0. The van der Waals surface area contributed by atoms with Crippen molar-refractivity contribution in [3.63, 3.8) is 0 Å². The lowest BCUT2D eigenvalue weighted by atomic mass is 10.2. The van der Waals surface area contributed by atoms with Crippen LogP contribution in [-0.2, 0) is 16.1 Å². The lowest BCUT2D eigenvalue weighted by molar-refractivity contribution is -0.145. The molecule has 4 nitrogen and oxygen atoms in total. The minimum atomic E-state index is -0.224. The Morgan fingerprint density at radius 3 is 2.93 bits per heavy atom. The van der Waals surface area contributed by atoms with E-state index in [2.05, 4.69) is 4.98 Å². The van der Waals surface area contributed by atoms with Gasteiger partial charge in [-0.1, -0.05) is 6.92 Å². The topological polar surface area (TPSA) is 59.4 Å². The number of ether oxygens (including phenoxy) is 1. The summed E-state index contributed by atoms with van der Waals surface area (Å²) in [5.74, 6) is -0.100. The molecule has 82 valence electrons. The molecule has 0 unspecified atom stereocenters. The molecule has 0 spiro atoms. The maximum Gasteiger partial charge on any atom is 0.306 e. The molecule has 15 heavy (non-hydrogen) atoms. The molecule has 0 bridgehead atoms. The van der Waals surface area contributed by atoms with Crippen molar-refractivity contribution in [1.29, 1.82) is 0 Å². The summed E-state index contributed by atoms with van der Waals surface area (Å²) in [5, 5.41) is 9.37. The van der Waals surface area contributed by atoms with Crippen molar-refractivity contribution in [3.8, 4) is 5.75 Å². The molecule has 0 radical (unpaired) electrons. The molecule has 0 fully saturated rings. The van der Waals surface area contributed by atoms with Gasteiger partial charge in [-0.3, -0.25) is 9.78 Å². The van der Waals surface area contributed by atoms with Crippen LogP contribution in [0.4, 0.5) is 0 Å². The monoisotopic (exact) mass is 209 g/mol. The number of esters is 1. The molecule has 0 amide bonds. The highest BCUT2D eigenvalue weighted by molar-refractivity contribution is 5.69. The molecule has 0 aliphatic carbocycles. The van der Waals surface area contributed by atoms with E-state index >= 15 is 0 Å². The number of aromatic nitrogens is 1. The molecular weight excluding hydrogens is 194 g/mol. The van der Waals surface area contributed by atoms with E-state index in [-0.39, 0.29) is 18.3 Å². The van der Waals surface area contributed by atoms with Gasteiger partial charge in [0.2, 0.25) is 0 Å². The van der Waals surface area contributed by atoms with Crippen LogP contribution in [0.25, 0.3) is 0 Å². The van der Waals surface area contributed by atoms with Crippen LogP contribution in [0.15, 0.2) is 12.3 Å². The Kier molecular flexibility index (Phi) is 4.09. The van der Waals surface area contributed by atoms with Gasteiger partial charge in [0.25, 0.3) is 0 Å². The van der Waals surface area contributed by atoms with Gasteiger partial charge < -0.3 is 9.84 Å². The zero-order chi connectivity index (χ0) is 11.3. The smallest absolute Gasteiger partial charge is 0.306 e. The number of carbonyl (C=O) groups is 1. The van der Waals surface area contributed by atoms with Gasteiger partial charge in [-0.05, 0) is 19.4 Å². The highest BCUT2D eigenvalue weighted by Crippen LogP contribution is 2.15. The summed E-state index contributed by atoms with van der Waals surface area (Å²) in [5.41, 5.74) is 1.26. The molecule has 1 heterocycles. The van der Waals surface area contributed by atoms with E-state index < -0.39 is 0 Å². The van der Waals surface area contributed by atoms with Gasteiger partial charge >= 0.3 is 5.97 Å². The molecule has 1 N–H and O–H groups in total. The molecular formula is C11H15NO3. The summed E-state index contributed by atoms with van der Waals surface area (Å²) >= 11 is 0. The van der Waals surface area contributed by atoms with Gasteiger partial charge in [0, 0.05) is 18.2 Å². The van der Waals surface area contributed by atoms with Crippen molar-refractivity contribution >= 4 is 5.97 Å². The Bertz CT molecular complexity index is 350. The Hall–Kier alpha value is -1.58. The fourth-order valence-electron chi connectivity index (χ4n) is 1.08. The second-order valence-electron chi connectivity index (χ2n) is 3.36. The van der Waals surface area contributed by atoms with Crippen LogP contribution in [0.5, 0.6) is 5.75 Å². The van der Waals surface area contributed by atoms with Crippen molar-refractivity contribution in [1.82, 2.24) is 4.98 Å². The maximum absolute atomic E-state index is 11.1. The van der Waals surface area contributed by atoms with Gasteiger partial charge in [0.15, 0.2) is 0 Å². The van der Waals surface area contributed by atoms with Crippen LogP contribution in [-0.4, -0.2) is 16.1 Å². The Labute approximate surface area is 88.9 Å². The Morgan fingerprint density at radius 2 is 2.33 bits per heavy atom. The lowest BCUT2D eigenvalue weighted by Crippen LogP contribution is -2.04. The number of nitrogens with zero attached hydrogens (tertiary/aromatic N) is 1. The maximum atomic E-state index is 11.1. The third kappa shape index (κ3) is 3.58. The van der Waals surface area contributed by atoms with Gasteiger partial charge in [-0.15, -0.1) is 0 Å². The second-order valence-corrected chi connectivity index (χ2v) is 3.36. The van der Waals surface area contributed by atoms with Crippen LogP contribution in [0.1, 0.15) is 31.0 Å². The predicted molar refractivity (Wildman–Crippen MR) is 55.3 cm³/mol. The van der Waals surface area contributed by atoms with Crippen molar-refractivity contribution in [2.75, 3.05) is 0 Å². The summed E-state index contributed by atoms with van der Waals surface area (Å²) in [6.45, 7) is 3.79. The summed E-state index contributed by atoms with van der Waals surface area (Å²) in [6, 6.07) is 1.56. The second kappa shape index (κ2) is 5.34. The van der Waals surface area contributed by atoms with E-state index in [4.69, 9.17) is 4.74 Å². The number of aryl methyl sites for hydroxylation is 1. The van der Waals surface area contributed by atoms with Crippen molar-refractivity contribution in [3.05, 3.63) is 23.5 Å². The van der Waals surface area contributed by atoms with Crippen LogP contribution in [0.2, 0.25) is 0 Å². The van der Waals surface area contributed by atoms with Crippen LogP contribution in [0.3, 0.4) is 0 Å². The number of carbonyl (C=O) groups excluding carboxylic acids is 1. The summed E-state index contributed by atoms with van der Waals surface area (Å²) in [7, 11) is 0. The third-order valence-corrected chi connectivity index (χ3v) is 1.97. The quantitative estimate of drug-likeness (QED) is 0.770. The molecule has 1 aromatic rings. The largest absolute Gasteiger partial charge is 0.506 e. The Balaban J connectivity index is 2.51. The fourth-order valence-corrected chi connectivity index (χ4v) is 1.08. The van der Waals surface area contributed by atoms with Gasteiger partial charge in [0.05, 0.1) is 5.69 Å². The van der Waals surface area contributed by atoms with E-state index in [0.717, 1.165) is 6.42 Å². The average molecular weight is 209 g/mol. The van der Waals surface area contributed by atoms with E-state index in [9.17, 15) is 9.90 Å². The zero-order valence-corrected chi connectivity index (χ0v) is 8.99. The number of hydrogen-bond donors (Lipinski definition) is 1. The van der Waals surface area contributed by atoms with E-state index in [1.807, 2.05) is 6.92 Å². The van der Waals surface area contributed by atoms with Crippen molar-refractivity contribution in [2.45, 2.75) is 33.3 Å². The van der Waals surface area contributed by atoms with Crippen LogP contribution in [0, 0.1) is 6.92 Å². The van der Waals surface area contributed by atoms with E-state index in [1.54, 1.807) is 19.2 Å². The van der Waals surface area contributed by atoms with Gasteiger partial charge in [-0.25, -0.2) is 0 Å². The number of pyridine rings is 1. The van der Waals surface area contributed by atoms with Crippen LogP contribution < -0.4 is 0 Å². The first-order valence-electron chi connectivity index (χ1n) is 4.93. The molecule has 0 atom stereocenters. The number of rotatable bonds is 4. The summed E-state index contributed by atoms with van der Waals surface area (Å²) < 4.78 is 4.97. The highest BCUT2D eigenvalue weighted by Gasteiger charge is 2.03. The SMILES string of the molecule is CCCC(=O)OCc1cnc(C)c(O)c1. The number of hydrogen-bond acceptors (Lipinski definition) is 4. The predicted octanol–water partition coefficient (Wildman–Crippen LogP) is 1.94. The molecule has 1 rings (SSSR count). The standard InChI is InChI=1S/C11H15NO3/c1-3-4-11(14)15-7-9-5-10(13)8(2)12-6-9/h5-6,13H,3-4,7H2,1-2H3. The first-order valence-corrected chi connectivity index (χ1v) is 4.93. The molecule has 0 saturated carbocycles. The van der Waals surface area contributed by atoms with Crippen molar-refractivity contribution < 1.29 is 14.6 Å². The van der Waals surface area contributed by atoms with Crippen LogP contribution >= 0.6 is 0 Å². The first kappa shape index (κ1) is 11.5. The fraction of sp³-hybridized carbons (Fsp3) is 0.455. The van der Waals surface area contributed by atoms with E-state index in [1.165, 1.54) is 0 Å². The number of aromatic hydroxyl groups is 1. The molecule has 0 aliphatic heterocycles. The van der Waals surface area contributed by atoms with Gasteiger partial charge in [-0.2, -0.15) is 0 Å². The van der Waals surface area contributed by atoms with E-state index in [0.29, 0.717) is 17.7 Å². The first-order chi connectivity index (χ1) is 7.13. The summed E-state index contributed by atoms with van der Waals surface area (Å²) in [6.07, 6.45) is 2.79. The molecule has 0 saturated heterocycles. The minimum absolute atomic E-state index is 0.124. The average Bonchev–Trinajstić information content (AvgIpc) is 2.20. The summed E-state index contributed by atoms with van der Waals surface area (Å²) in [4.78, 5) is 15.0. The molecule has 0 aromatic carbocycles. The third-order valence-electron chi connectivity index (χ3n) is 1.97. The van der Waals surface area contributed by atoms with Gasteiger partial charge in [0.1, 0.15) is 12.4 Å². The van der Waals surface area contributed by atoms with Crippen molar-refractivity contribution in [2.24, 2.45) is 0 Å². The zero-order valence-electron chi connectivity index (χ0n) is 8.99. The highest BCUT2D eigenvalue weighted by atomic mass is 16.5. The Morgan fingerprint density at radius 1 is 1.60 bits per heavy atom. The molecule has 4 heteroatoms. The molecule has 0 aliphatic rings. The minimum Gasteiger partial charge on any atom is -0.506 e.